The SMILES string of the molecule is Cc1ccc(=O)n(CC(=O)N2CC[C@H](C(=O)NCCc3ccc(Cl)cc3)C2)n1. The van der Waals surface area contributed by atoms with E-state index in [9.17, 15) is 14.4 Å². The predicted molar refractivity (Wildman–Crippen MR) is 106 cm³/mol. The van der Waals surface area contributed by atoms with Gasteiger partial charge in [-0.05, 0) is 43.5 Å². The van der Waals surface area contributed by atoms with Crippen molar-refractivity contribution >= 4 is 23.4 Å². The Labute approximate surface area is 168 Å². The van der Waals surface area contributed by atoms with Gasteiger partial charge < -0.3 is 10.2 Å². The smallest absolute Gasteiger partial charge is 0.267 e. The summed E-state index contributed by atoms with van der Waals surface area (Å²) in [5.74, 6) is -0.469. The zero-order valence-electron chi connectivity index (χ0n) is 15.7. The largest absolute Gasteiger partial charge is 0.355 e. The number of nitrogens with zero attached hydrogens (tertiary/aromatic N) is 3. The first kappa shape index (κ1) is 20.1. The molecule has 0 saturated carbocycles. The number of carbonyl (C=O) groups excluding carboxylic acids is 2. The van der Waals surface area contributed by atoms with E-state index in [1.165, 1.54) is 6.07 Å². The van der Waals surface area contributed by atoms with Crippen LogP contribution in [0.5, 0.6) is 0 Å². The lowest BCUT2D eigenvalue weighted by atomic mass is 10.1. The lowest BCUT2D eigenvalue weighted by Gasteiger charge is -2.17. The molecule has 2 heterocycles. The van der Waals surface area contributed by atoms with Gasteiger partial charge in [0, 0.05) is 30.7 Å². The monoisotopic (exact) mass is 402 g/mol. The zero-order chi connectivity index (χ0) is 20.1. The lowest BCUT2D eigenvalue weighted by molar-refractivity contribution is -0.131. The number of aryl methyl sites for hydroxylation is 1. The molecule has 2 amide bonds. The van der Waals surface area contributed by atoms with E-state index in [1.807, 2.05) is 24.3 Å². The van der Waals surface area contributed by atoms with Crippen LogP contribution in [0, 0.1) is 12.8 Å². The third-order valence-electron chi connectivity index (χ3n) is 4.82. The average molecular weight is 403 g/mol. The molecule has 1 aliphatic rings. The summed E-state index contributed by atoms with van der Waals surface area (Å²) in [6, 6.07) is 10.5. The van der Waals surface area contributed by atoms with Crippen LogP contribution in [0.3, 0.4) is 0 Å². The third-order valence-corrected chi connectivity index (χ3v) is 5.07. The van der Waals surface area contributed by atoms with E-state index in [1.54, 1.807) is 17.9 Å². The molecule has 148 valence electrons. The molecule has 1 fully saturated rings. The summed E-state index contributed by atoms with van der Waals surface area (Å²) in [5.41, 5.74) is 1.46. The summed E-state index contributed by atoms with van der Waals surface area (Å²) >= 11 is 5.86. The molecule has 0 unspecified atom stereocenters. The van der Waals surface area contributed by atoms with Crippen LogP contribution >= 0.6 is 11.6 Å². The van der Waals surface area contributed by atoms with Crippen molar-refractivity contribution in [2.24, 2.45) is 5.92 Å². The van der Waals surface area contributed by atoms with E-state index in [0.717, 1.165) is 16.7 Å². The van der Waals surface area contributed by atoms with Gasteiger partial charge >= 0.3 is 0 Å². The quantitative estimate of drug-likeness (QED) is 0.791. The summed E-state index contributed by atoms with van der Waals surface area (Å²) in [6.45, 7) is 3.07. The molecule has 2 aromatic rings. The van der Waals surface area contributed by atoms with Crippen LogP contribution in [0.1, 0.15) is 17.7 Å². The number of aromatic nitrogens is 2. The first-order valence-corrected chi connectivity index (χ1v) is 9.65. The fourth-order valence-electron chi connectivity index (χ4n) is 3.22. The molecule has 1 aliphatic heterocycles. The van der Waals surface area contributed by atoms with Crippen LogP contribution in [0.2, 0.25) is 5.02 Å². The maximum absolute atomic E-state index is 12.5. The summed E-state index contributed by atoms with van der Waals surface area (Å²) in [7, 11) is 0. The van der Waals surface area contributed by atoms with Gasteiger partial charge in [-0.2, -0.15) is 5.10 Å². The van der Waals surface area contributed by atoms with Gasteiger partial charge in [0.1, 0.15) is 6.54 Å². The maximum Gasteiger partial charge on any atom is 0.267 e. The molecule has 1 aromatic heterocycles. The maximum atomic E-state index is 12.5. The van der Waals surface area contributed by atoms with Crippen LogP contribution in [0.4, 0.5) is 0 Å². The highest BCUT2D eigenvalue weighted by Gasteiger charge is 2.31. The van der Waals surface area contributed by atoms with Crippen LogP contribution in [-0.2, 0) is 22.6 Å². The molecule has 0 aliphatic carbocycles. The van der Waals surface area contributed by atoms with Gasteiger partial charge in [0.05, 0.1) is 11.6 Å². The Morgan fingerprint density at radius 1 is 1.21 bits per heavy atom. The van der Waals surface area contributed by atoms with Gasteiger partial charge in [0.25, 0.3) is 5.56 Å². The summed E-state index contributed by atoms with van der Waals surface area (Å²) < 4.78 is 1.16. The summed E-state index contributed by atoms with van der Waals surface area (Å²) in [5, 5.41) is 7.70. The third kappa shape index (κ3) is 5.19. The normalized spacial score (nSPS) is 16.2. The van der Waals surface area contributed by atoms with Crippen molar-refractivity contribution in [3.63, 3.8) is 0 Å². The van der Waals surface area contributed by atoms with Crippen molar-refractivity contribution in [1.29, 1.82) is 0 Å². The highest BCUT2D eigenvalue weighted by atomic mass is 35.5. The molecule has 1 atom stereocenters. The number of amides is 2. The first-order valence-electron chi connectivity index (χ1n) is 9.27. The van der Waals surface area contributed by atoms with E-state index >= 15 is 0 Å². The summed E-state index contributed by atoms with van der Waals surface area (Å²) in [6.07, 6.45) is 1.34. The molecule has 0 bridgehead atoms. The fraction of sp³-hybridized carbons (Fsp3) is 0.400. The van der Waals surface area contributed by atoms with Gasteiger partial charge in [0.15, 0.2) is 0 Å². The number of rotatable bonds is 6. The molecule has 7 nitrogen and oxygen atoms in total. The minimum absolute atomic E-state index is 0.0462. The number of benzene rings is 1. The van der Waals surface area contributed by atoms with Gasteiger partial charge in [-0.1, -0.05) is 23.7 Å². The Hall–Kier alpha value is -2.67. The van der Waals surface area contributed by atoms with Crippen molar-refractivity contribution in [3.05, 3.63) is 63.0 Å². The second-order valence-corrected chi connectivity index (χ2v) is 7.40. The topological polar surface area (TPSA) is 84.3 Å². The number of nitrogens with one attached hydrogen (secondary N) is 1. The summed E-state index contributed by atoms with van der Waals surface area (Å²) in [4.78, 5) is 38.3. The molecule has 8 heteroatoms. The Morgan fingerprint density at radius 2 is 1.96 bits per heavy atom. The Bertz CT molecular complexity index is 910. The predicted octanol–water partition coefficient (Wildman–Crippen LogP) is 1.41. The van der Waals surface area contributed by atoms with Crippen LogP contribution in [0.15, 0.2) is 41.2 Å². The van der Waals surface area contributed by atoms with Crippen molar-refractivity contribution < 1.29 is 9.59 Å². The molecule has 3 rings (SSSR count). The van der Waals surface area contributed by atoms with Gasteiger partial charge in [0.2, 0.25) is 11.8 Å². The molecule has 0 radical (unpaired) electrons. The van der Waals surface area contributed by atoms with E-state index < -0.39 is 0 Å². The molecule has 1 aromatic carbocycles. The van der Waals surface area contributed by atoms with E-state index in [-0.39, 0.29) is 29.8 Å². The average Bonchev–Trinajstić information content (AvgIpc) is 3.17. The number of carbonyl (C=O) groups is 2. The molecule has 28 heavy (non-hydrogen) atoms. The van der Waals surface area contributed by atoms with Gasteiger partial charge in [-0.25, -0.2) is 4.68 Å². The second-order valence-electron chi connectivity index (χ2n) is 6.96. The Balaban J connectivity index is 1.46. The van der Waals surface area contributed by atoms with Crippen molar-refractivity contribution in [2.75, 3.05) is 19.6 Å². The number of hydrogen-bond donors (Lipinski definition) is 1. The first-order chi connectivity index (χ1) is 13.4. The second kappa shape index (κ2) is 9.01. The highest BCUT2D eigenvalue weighted by molar-refractivity contribution is 6.30. The standard InChI is InChI=1S/C20H23ClN4O3/c1-14-2-7-18(26)25(23-14)13-19(27)24-11-9-16(12-24)20(28)22-10-8-15-3-5-17(21)6-4-15/h2-7,16H,8-13H2,1H3,(H,22,28)/t16-/m0/s1. The zero-order valence-corrected chi connectivity index (χ0v) is 16.5. The highest BCUT2D eigenvalue weighted by Crippen LogP contribution is 2.17. The molecular formula is C20H23ClN4O3. The van der Waals surface area contributed by atoms with E-state index in [2.05, 4.69) is 10.4 Å². The molecule has 0 spiro atoms. The minimum Gasteiger partial charge on any atom is -0.355 e. The van der Waals surface area contributed by atoms with Crippen molar-refractivity contribution in [1.82, 2.24) is 20.0 Å². The van der Waals surface area contributed by atoms with Crippen LogP contribution in [0.25, 0.3) is 0 Å². The van der Waals surface area contributed by atoms with Gasteiger partial charge in [-0.3, -0.25) is 14.4 Å². The lowest BCUT2D eigenvalue weighted by Crippen LogP contribution is -2.38. The van der Waals surface area contributed by atoms with Gasteiger partial charge in [-0.15, -0.1) is 0 Å². The fourth-order valence-corrected chi connectivity index (χ4v) is 3.34. The number of hydrogen-bond acceptors (Lipinski definition) is 4. The van der Waals surface area contributed by atoms with E-state index in [4.69, 9.17) is 11.6 Å². The van der Waals surface area contributed by atoms with E-state index in [0.29, 0.717) is 36.8 Å². The molecule has 1 N–H and O–H groups in total. The Morgan fingerprint density at radius 3 is 2.71 bits per heavy atom. The van der Waals surface area contributed by atoms with Crippen molar-refractivity contribution in [2.45, 2.75) is 26.3 Å². The molecule has 1 saturated heterocycles. The Kier molecular flexibility index (Phi) is 6.46. The minimum atomic E-state index is -0.311. The number of halogens is 1. The number of likely N-dealkylation sites (tertiary alicyclic amines) is 1. The van der Waals surface area contributed by atoms with Crippen LogP contribution < -0.4 is 10.9 Å². The van der Waals surface area contributed by atoms with Crippen molar-refractivity contribution in [3.8, 4) is 0 Å². The van der Waals surface area contributed by atoms with Crippen LogP contribution in [-0.4, -0.2) is 46.1 Å². The molecular weight excluding hydrogens is 380 g/mol.